The van der Waals surface area contributed by atoms with Crippen LogP contribution in [0.3, 0.4) is 0 Å². The molecule has 0 radical (unpaired) electrons. The molecule has 23 heavy (non-hydrogen) atoms. The first kappa shape index (κ1) is 20.2. The van der Waals surface area contributed by atoms with Crippen LogP contribution in [0.15, 0.2) is 12.1 Å². The number of rotatable bonds is 10. The number of hydrogen-bond donors (Lipinski definition) is 4. The third-order valence-electron chi connectivity index (χ3n) is 3.80. The van der Waals surface area contributed by atoms with E-state index in [0.29, 0.717) is 24.7 Å². The number of nitrogens with one attached hydrogen (secondary N) is 1. The first-order chi connectivity index (χ1) is 10.9. The van der Waals surface area contributed by atoms with Crippen LogP contribution in [0, 0.1) is 6.92 Å². The molecule has 0 fully saturated rings. The second-order valence-corrected chi connectivity index (χ2v) is 6.57. The summed E-state index contributed by atoms with van der Waals surface area (Å²) in [5.41, 5.74) is 1.95. The summed E-state index contributed by atoms with van der Waals surface area (Å²) in [6.45, 7) is 7.69. The van der Waals surface area contributed by atoms with Gasteiger partial charge < -0.3 is 25.0 Å². The lowest BCUT2D eigenvalue weighted by atomic mass is 10.0. The summed E-state index contributed by atoms with van der Waals surface area (Å²) in [5.74, 6) is 1.01. The molecule has 4 N–H and O–H groups in total. The largest absolute Gasteiger partial charge is 0.490 e. The highest BCUT2D eigenvalue weighted by Gasteiger charge is 2.17. The van der Waals surface area contributed by atoms with Crippen LogP contribution in [0.4, 0.5) is 0 Å². The van der Waals surface area contributed by atoms with Crippen molar-refractivity contribution in [3.8, 4) is 5.75 Å². The molecule has 0 bridgehead atoms. The topological polar surface area (TPSA) is 74.4 Å². The Morgan fingerprint density at radius 2 is 1.78 bits per heavy atom. The van der Waals surface area contributed by atoms with Gasteiger partial charge in [0.1, 0.15) is 38.1 Å². The molecule has 0 unspecified atom stereocenters. The van der Waals surface area contributed by atoms with Gasteiger partial charge in [0.05, 0.1) is 13.2 Å². The molecule has 0 spiro atoms. The van der Waals surface area contributed by atoms with Gasteiger partial charge in [-0.25, -0.2) is 0 Å². The van der Waals surface area contributed by atoms with Crippen molar-refractivity contribution < 1.29 is 25.0 Å². The Kier molecular flexibility index (Phi) is 8.87. The molecule has 0 saturated heterocycles. The molecule has 0 aromatic heterocycles. The van der Waals surface area contributed by atoms with E-state index >= 15 is 0 Å². The van der Waals surface area contributed by atoms with Crippen LogP contribution < -0.4 is 9.64 Å². The summed E-state index contributed by atoms with van der Waals surface area (Å²) in [6.07, 6.45) is -0.668. The standard InChI is InChI=1S/C17H28ClNO4/c1-12(2)15-9-16(18)13(3)8-17(15)23-11-14(22)10-19(4-6-20)5-7-21/h8-9,12,14,20-22H,4-7,10-11H2,1-3H3/p+1/t14-/m1/s1. The molecule has 0 saturated carbocycles. The van der Waals surface area contributed by atoms with E-state index < -0.39 is 6.10 Å². The number of hydrogen-bond acceptors (Lipinski definition) is 4. The zero-order chi connectivity index (χ0) is 17.4. The van der Waals surface area contributed by atoms with E-state index in [1.54, 1.807) is 0 Å². The molecule has 1 rings (SSSR count). The van der Waals surface area contributed by atoms with E-state index in [1.165, 1.54) is 0 Å². The molecule has 0 aliphatic heterocycles. The number of benzene rings is 1. The minimum Gasteiger partial charge on any atom is -0.490 e. The van der Waals surface area contributed by atoms with Crippen LogP contribution in [-0.2, 0) is 0 Å². The average Bonchev–Trinajstić information content (AvgIpc) is 2.48. The molecular formula is C17H29ClNO4+. The molecule has 132 valence electrons. The summed E-state index contributed by atoms with van der Waals surface area (Å²) in [7, 11) is 0. The quantitative estimate of drug-likeness (QED) is 0.494. The molecule has 0 heterocycles. The maximum absolute atomic E-state index is 10.2. The van der Waals surface area contributed by atoms with Gasteiger partial charge in [-0.1, -0.05) is 25.4 Å². The van der Waals surface area contributed by atoms with Crippen molar-refractivity contribution in [1.82, 2.24) is 0 Å². The average molecular weight is 347 g/mol. The van der Waals surface area contributed by atoms with Crippen LogP contribution >= 0.6 is 11.6 Å². The van der Waals surface area contributed by atoms with Crippen LogP contribution in [0.25, 0.3) is 0 Å². The van der Waals surface area contributed by atoms with Crippen molar-refractivity contribution in [2.45, 2.75) is 32.8 Å². The summed E-state index contributed by atoms with van der Waals surface area (Å²) in [4.78, 5) is 0.947. The zero-order valence-electron chi connectivity index (χ0n) is 14.2. The molecule has 1 atom stereocenters. The van der Waals surface area contributed by atoms with E-state index in [1.807, 2.05) is 19.1 Å². The van der Waals surface area contributed by atoms with Crippen LogP contribution in [-0.4, -0.2) is 60.9 Å². The molecular weight excluding hydrogens is 318 g/mol. The lowest BCUT2D eigenvalue weighted by Gasteiger charge is -2.22. The maximum atomic E-state index is 10.2. The van der Waals surface area contributed by atoms with Crippen LogP contribution in [0.1, 0.15) is 30.9 Å². The van der Waals surface area contributed by atoms with E-state index in [2.05, 4.69) is 13.8 Å². The highest BCUT2D eigenvalue weighted by Crippen LogP contribution is 2.32. The fourth-order valence-corrected chi connectivity index (χ4v) is 2.64. The Morgan fingerprint density at radius 3 is 2.30 bits per heavy atom. The van der Waals surface area contributed by atoms with Crippen LogP contribution in [0.2, 0.25) is 5.02 Å². The number of halogens is 1. The van der Waals surface area contributed by atoms with Gasteiger partial charge in [0, 0.05) is 5.02 Å². The molecule has 1 aromatic rings. The number of aliphatic hydroxyl groups excluding tert-OH is 3. The van der Waals surface area contributed by atoms with Gasteiger partial charge in [0.2, 0.25) is 0 Å². The fourth-order valence-electron chi connectivity index (χ4n) is 2.47. The smallest absolute Gasteiger partial charge is 0.137 e. The highest BCUT2D eigenvalue weighted by molar-refractivity contribution is 6.31. The first-order valence-corrected chi connectivity index (χ1v) is 8.43. The summed E-state index contributed by atoms with van der Waals surface area (Å²) in [5, 5.41) is 28.9. The summed E-state index contributed by atoms with van der Waals surface area (Å²) < 4.78 is 5.81. The zero-order valence-corrected chi connectivity index (χ0v) is 14.9. The Balaban J connectivity index is 2.68. The van der Waals surface area contributed by atoms with Gasteiger partial charge in [-0.2, -0.15) is 0 Å². The molecule has 1 aromatic carbocycles. The van der Waals surface area contributed by atoms with E-state index in [4.69, 9.17) is 26.6 Å². The fraction of sp³-hybridized carbons (Fsp3) is 0.647. The van der Waals surface area contributed by atoms with E-state index in [9.17, 15) is 5.11 Å². The molecule has 0 amide bonds. The van der Waals surface area contributed by atoms with Crippen molar-refractivity contribution >= 4 is 11.6 Å². The second kappa shape index (κ2) is 10.1. The Bertz CT molecular complexity index is 476. The minimum absolute atomic E-state index is 0.0246. The molecule has 6 heteroatoms. The van der Waals surface area contributed by atoms with E-state index in [0.717, 1.165) is 21.8 Å². The predicted molar refractivity (Wildman–Crippen MR) is 91.5 cm³/mol. The summed E-state index contributed by atoms with van der Waals surface area (Å²) >= 11 is 6.18. The Morgan fingerprint density at radius 1 is 1.17 bits per heavy atom. The highest BCUT2D eigenvalue weighted by atomic mass is 35.5. The molecule has 0 aliphatic carbocycles. The SMILES string of the molecule is Cc1cc(OC[C@H](O)C[NH+](CCO)CCO)c(C(C)C)cc1Cl. The second-order valence-electron chi connectivity index (χ2n) is 6.16. The first-order valence-electron chi connectivity index (χ1n) is 8.05. The summed E-state index contributed by atoms with van der Waals surface area (Å²) in [6, 6.07) is 3.81. The van der Waals surface area contributed by atoms with Gasteiger partial charge in [-0.3, -0.25) is 0 Å². The van der Waals surface area contributed by atoms with Gasteiger partial charge in [0.25, 0.3) is 0 Å². The number of aryl methyl sites for hydroxylation is 1. The third-order valence-corrected chi connectivity index (χ3v) is 4.21. The van der Waals surface area contributed by atoms with Crippen molar-refractivity contribution in [3.63, 3.8) is 0 Å². The number of quaternary nitrogens is 1. The van der Waals surface area contributed by atoms with Crippen molar-refractivity contribution in [2.24, 2.45) is 0 Å². The van der Waals surface area contributed by atoms with Crippen molar-refractivity contribution in [1.29, 1.82) is 0 Å². The monoisotopic (exact) mass is 346 g/mol. The van der Waals surface area contributed by atoms with Gasteiger partial charge in [0.15, 0.2) is 0 Å². The lowest BCUT2D eigenvalue weighted by Crippen LogP contribution is -3.14. The maximum Gasteiger partial charge on any atom is 0.137 e. The van der Waals surface area contributed by atoms with Gasteiger partial charge >= 0.3 is 0 Å². The lowest BCUT2D eigenvalue weighted by molar-refractivity contribution is -0.903. The van der Waals surface area contributed by atoms with Gasteiger partial charge in [-0.05, 0) is 36.1 Å². The van der Waals surface area contributed by atoms with Gasteiger partial charge in [-0.15, -0.1) is 0 Å². The van der Waals surface area contributed by atoms with Crippen molar-refractivity contribution in [2.75, 3.05) is 39.5 Å². The predicted octanol–water partition coefficient (Wildman–Crippen LogP) is 0.381. The van der Waals surface area contributed by atoms with Crippen molar-refractivity contribution in [3.05, 3.63) is 28.3 Å². The minimum atomic E-state index is -0.668. The van der Waals surface area contributed by atoms with Crippen LogP contribution in [0.5, 0.6) is 5.75 Å². The third kappa shape index (κ3) is 6.65. The number of aliphatic hydroxyl groups is 3. The normalized spacial score (nSPS) is 12.9. The van der Waals surface area contributed by atoms with E-state index in [-0.39, 0.29) is 25.7 Å². The Labute approximate surface area is 143 Å². The number of ether oxygens (including phenoxy) is 1. The molecule has 5 nitrogen and oxygen atoms in total. The Hall–Kier alpha value is -0.850. The molecule has 0 aliphatic rings.